The second kappa shape index (κ2) is 7.07. The van der Waals surface area contributed by atoms with Gasteiger partial charge in [0.15, 0.2) is 0 Å². The first-order valence-corrected chi connectivity index (χ1v) is 9.17. The third-order valence-electron chi connectivity index (χ3n) is 3.80. The lowest BCUT2D eigenvalue weighted by Crippen LogP contribution is -2.00. The Morgan fingerprint density at radius 2 is 1.50 bits per heavy atom. The average molecular weight is 368 g/mol. The van der Waals surface area contributed by atoms with E-state index in [9.17, 15) is 18.1 Å². The Bertz CT molecular complexity index is 1060. The molecule has 3 rings (SSSR count). The summed E-state index contributed by atoms with van der Waals surface area (Å²) >= 11 is 0. The Labute approximate surface area is 151 Å². The van der Waals surface area contributed by atoms with E-state index >= 15 is 0 Å². The van der Waals surface area contributed by atoms with Crippen molar-refractivity contribution in [2.24, 2.45) is 10.2 Å². The summed E-state index contributed by atoms with van der Waals surface area (Å²) in [5.41, 5.74) is 2.62. The zero-order chi connectivity index (χ0) is 18.7. The molecule has 7 heteroatoms. The fourth-order valence-corrected chi connectivity index (χ4v) is 3.20. The highest BCUT2D eigenvalue weighted by Gasteiger charge is 2.21. The lowest BCUT2D eigenvalue weighted by atomic mass is 9.99. The summed E-state index contributed by atoms with van der Waals surface area (Å²) in [7, 11) is -4.49. The van der Waals surface area contributed by atoms with Gasteiger partial charge in [0.1, 0.15) is 16.3 Å². The molecule has 3 aromatic carbocycles. The van der Waals surface area contributed by atoms with Gasteiger partial charge in [0.25, 0.3) is 10.1 Å². The molecule has 2 N–H and O–H groups in total. The number of azo groups is 1. The smallest absolute Gasteiger partial charge is 0.296 e. The van der Waals surface area contributed by atoms with Gasteiger partial charge in [-0.1, -0.05) is 36.4 Å². The molecule has 0 heterocycles. The van der Waals surface area contributed by atoms with Crippen LogP contribution in [0.4, 0.5) is 11.4 Å². The highest BCUT2D eigenvalue weighted by Crippen LogP contribution is 2.39. The number of phenolic OH excluding ortho intramolecular Hbond substituents is 1. The summed E-state index contributed by atoms with van der Waals surface area (Å²) in [4.78, 5) is -0.315. The standard InChI is InChI=1S/C19H16N2O4S/c1-13-7-12-17(26(23,24)25)19(18(13)14-5-3-2-4-6-14)21-20-15-8-10-16(22)11-9-15/h2-12,22H,1H3,(H,23,24,25). The van der Waals surface area contributed by atoms with Crippen LogP contribution in [0.1, 0.15) is 5.56 Å². The third kappa shape index (κ3) is 3.79. The summed E-state index contributed by atoms with van der Waals surface area (Å²) in [5.74, 6) is 0.0862. The van der Waals surface area contributed by atoms with Crippen LogP contribution in [0.25, 0.3) is 11.1 Å². The van der Waals surface area contributed by atoms with Crippen molar-refractivity contribution in [3.63, 3.8) is 0 Å². The van der Waals surface area contributed by atoms with Crippen molar-refractivity contribution >= 4 is 21.5 Å². The van der Waals surface area contributed by atoms with E-state index in [0.29, 0.717) is 11.3 Å². The Morgan fingerprint density at radius 3 is 2.12 bits per heavy atom. The van der Waals surface area contributed by atoms with Gasteiger partial charge in [-0.2, -0.15) is 13.5 Å². The Morgan fingerprint density at radius 1 is 0.846 bits per heavy atom. The minimum atomic E-state index is -4.49. The number of phenols is 1. The molecule has 0 spiro atoms. The summed E-state index contributed by atoms with van der Waals surface area (Å²) in [6.07, 6.45) is 0. The quantitative estimate of drug-likeness (QED) is 0.498. The first-order chi connectivity index (χ1) is 12.4. The SMILES string of the molecule is Cc1ccc(S(=O)(=O)O)c(N=Nc2ccc(O)cc2)c1-c1ccccc1. The molecule has 3 aromatic rings. The molecule has 0 saturated heterocycles. The average Bonchev–Trinajstić information content (AvgIpc) is 2.61. The second-order valence-electron chi connectivity index (χ2n) is 5.66. The van der Waals surface area contributed by atoms with Crippen molar-refractivity contribution in [1.82, 2.24) is 0 Å². The zero-order valence-electron chi connectivity index (χ0n) is 13.9. The monoisotopic (exact) mass is 368 g/mol. The molecule has 0 amide bonds. The third-order valence-corrected chi connectivity index (χ3v) is 4.69. The summed E-state index contributed by atoms with van der Waals surface area (Å²) in [6, 6.07) is 18.1. The number of hydrogen-bond donors (Lipinski definition) is 2. The van der Waals surface area contributed by atoms with Gasteiger partial charge in [0.2, 0.25) is 0 Å². The zero-order valence-corrected chi connectivity index (χ0v) is 14.7. The molecular weight excluding hydrogens is 352 g/mol. The minimum Gasteiger partial charge on any atom is -0.508 e. The van der Waals surface area contributed by atoms with Gasteiger partial charge < -0.3 is 5.11 Å². The maximum atomic E-state index is 11.8. The van der Waals surface area contributed by atoms with Gasteiger partial charge >= 0.3 is 0 Å². The van der Waals surface area contributed by atoms with Gasteiger partial charge in [-0.05, 0) is 48.4 Å². The summed E-state index contributed by atoms with van der Waals surface area (Å²) in [5, 5.41) is 17.5. The normalized spacial score (nSPS) is 11.8. The van der Waals surface area contributed by atoms with E-state index < -0.39 is 10.1 Å². The molecule has 26 heavy (non-hydrogen) atoms. The Hall–Kier alpha value is -3.03. The summed E-state index contributed by atoms with van der Waals surface area (Å²) < 4.78 is 33.3. The van der Waals surface area contributed by atoms with E-state index in [2.05, 4.69) is 10.2 Å². The molecule has 0 aliphatic carbocycles. The first kappa shape index (κ1) is 17.8. The van der Waals surface area contributed by atoms with Crippen molar-refractivity contribution in [2.75, 3.05) is 0 Å². The van der Waals surface area contributed by atoms with Crippen LogP contribution in [-0.4, -0.2) is 18.1 Å². The van der Waals surface area contributed by atoms with Crippen molar-refractivity contribution in [1.29, 1.82) is 0 Å². The van der Waals surface area contributed by atoms with Crippen molar-refractivity contribution in [2.45, 2.75) is 11.8 Å². The highest BCUT2D eigenvalue weighted by molar-refractivity contribution is 7.86. The number of aromatic hydroxyl groups is 1. The molecule has 0 aliphatic heterocycles. The largest absolute Gasteiger partial charge is 0.508 e. The van der Waals surface area contributed by atoms with Crippen LogP contribution in [0.3, 0.4) is 0 Å². The van der Waals surface area contributed by atoms with Gasteiger partial charge in [0.05, 0.1) is 5.69 Å². The van der Waals surface area contributed by atoms with Crippen molar-refractivity contribution in [3.8, 4) is 16.9 Å². The van der Waals surface area contributed by atoms with E-state index in [-0.39, 0.29) is 16.3 Å². The number of rotatable bonds is 4. The number of nitrogens with zero attached hydrogens (tertiary/aromatic N) is 2. The molecule has 0 bridgehead atoms. The topological polar surface area (TPSA) is 99.3 Å². The lowest BCUT2D eigenvalue weighted by molar-refractivity contribution is 0.475. The van der Waals surface area contributed by atoms with Gasteiger partial charge in [-0.3, -0.25) is 4.55 Å². The predicted octanol–water partition coefficient (Wildman–Crippen LogP) is 5.03. The molecule has 0 radical (unpaired) electrons. The Kier molecular flexibility index (Phi) is 4.83. The fraction of sp³-hybridized carbons (Fsp3) is 0.0526. The van der Waals surface area contributed by atoms with Gasteiger partial charge in [-0.25, -0.2) is 0 Å². The maximum absolute atomic E-state index is 11.8. The van der Waals surface area contributed by atoms with E-state index in [1.807, 2.05) is 37.3 Å². The number of hydrogen-bond acceptors (Lipinski definition) is 5. The highest BCUT2D eigenvalue weighted by atomic mass is 32.2. The molecule has 0 aliphatic rings. The van der Waals surface area contributed by atoms with Gasteiger partial charge in [0, 0.05) is 5.56 Å². The molecule has 0 fully saturated rings. The van der Waals surface area contributed by atoms with Crippen LogP contribution in [0.15, 0.2) is 81.9 Å². The second-order valence-corrected chi connectivity index (χ2v) is 7.05. The molecule has 0 aromatic heterocycles. The molecular formula is C19H16N2O4S. The summed E-state index contributed by atoms with van der Waals surface area (Å²) in [6.45, 7) is 1.83. The van der Waals surface area contributed by atoms with Crippen LogP contribution in [0.2, 0.25) is 0 Å². The maximum Gasteiger partial charge on any atom is 0.296 e. The fourth-order valence-electron chi connectivity index (χ4n) is 2.58. The predicted molar refractivity (Wildman–Crippen MR) is 98.7 cm³/mol. The van der Waals surface area contributed by atoms with Crippen LogP contribution in [-0.2, 0) is 10.1 Å². The minimum absolute atomic E-state index is 0.0618. The number of aryl methyl sites for hydroxylation is 1. The van der Waals surface area contributed by atoms with Crippen molar-refractivity contribution < 1.29 is 18.1 Å². The van der Waals surface area contributed by atoms with Gasteiger partial charge in [-0.15, -0.1) is 5.11 Å². The van der Waals surface area contributed by atoms with Crippen LogP contribution in [0, 0.1) is 6.92 Å². The Balaban J connectivity index is 2.23. The van der Waals surface area contributed by atoms with Crippen LogP contribution >= 0.6 is 0 Å². The molecule has 0 saturated carbocycles. The molecule has 6 nitrogen and oxygen atoms in total. The lowest BCUT2D eigenvalue weighted by Gasteiger charge is -2.12. The first-order valence-electron chi connectivity index (χ1n) is 7.73. The molecule has 0 unspecified atom stereocenters. The molecule has 132 valence electrons. The van der Waals surface area contributed by atoms with E-state index in [0.717, 1.165) is 11.1 Å². The van der Waals surface area contributed by atoms with Crippen LogP contribution < -0.4 is 0 Å². The van der Waals surface area contributed by atoms with E-state index in [1.165, 1.54) is 18.2 Å². The van der Waals surface area contributed by atoms with E-state index in [1.54, 1.807) is 18.2 Å². The van der Waals surface area contributed by atoms with Crippen LogP contribution in [0.5, 0.6) is 5.75 Å². The number of benzene rings is 3. The molecule has 0 atom stereocenters. The van der Waals surface area contributed by atoms with Crippen molar-refractivity contribution in [3.05, 3.63) is 72.3 Å². The van der Waals surface area contributed by atoms with E-state index in [4.69, 9.17) is 0 Å².